The van der Waals surface area contributed by atoms with E-state index >= 15 is 4.39 Å². The second kappa shape index (κ2) is 9.99. The lowest BCUT2D eigenvalue weighted by molar-refractivity contribution is -0.117. The molecule has 0 aliphatic carbocycles. The van der Waals surface area contributed by atoms with E-state index in [1.807, 2.05) is 0 Å². The van der Waals surface area contributed by atoms with E-state index in [-0.39, 0.29) is 22.7 Å². The molecule has 4 rings (SSSR count). The topological polar surface area (TPSA) is 71.8 Å². The Morgan fingerprint density at radius 3 is 2.38 bits per heavy atom. The third-order valence-electron chi connectivity index (χ3n) is 5.10. The summed E-state index contributed by atoms with van der Waals surface area (Å²) in [6.45, 7) is 0. The number of carbonyl (C=O) groups is 2. The predicted octanol–water partition coefficient (Wildman–Crippen LogP) is 5.59. The highest BCUT2D eigenvalue weighted by molar-refractivity contribution is 6.10. The highest BCUT2D eigenvalue weighted by atomic mass is 19.1. The molecular formula is C26H20F2N2O4. The van der Waals surface area contributed by atoms with Crippen molar-refractivity contribution < 1.29 is 27.5 Å². The van der Waals surface area contributed by atoms with Crippen LogP contribution in [0.5, 0.6) is 5.75 Å². The lowest BCUT2D eigenvalue weighted by Crippen LogP contribution is -2.42. The lowest BCUT2D eigenvalue weighted by Gasteiger charge is -2.31. The molecular weight excluding hydrogens is 442 g/mol. The molecule has 1 heterocycles. The molecule has 0 aliphatic rings. The summed E-state index contributed by atoms with van der Waals surface area (Å²) in [5.74, 6) is -2.14. The van der Waals surface area contributed by atoms with Crippen molar-refractivity contribution in [1.29, 1.82) is 0 Å². The largest absolute Gasteiger partial charge is 0.497 e. The number of benzene rings is 3. The number of amides is 2. The van der Waals surface area contributed by atoms with Gasteiger partial charge in [-0.25, -0.2) is 8.78 Å². The Hall–Kier alpha value is -4.46. The van der Waals surface area contributed by atoms with Crippen molar-refractivity contribution in [1.82, 2.24) is 0 Å². The summed E-state index contributed by atoms with van der Waals surface area (Å²) < 4.78 is 38.9. The number of hydrogen-bond acceptors (Lipinski definition) is 4. The van der Waals surface area contributed by atoms with E-state index in [1.165, 1.54) is 68.0 Å². The van der Waals surface area contributed by atoms with Gasteiger partial charge in [0, 0.05) is 23.0 Å². The molecule has 0 fully saturated rings. The number of hydrogen-bond donors (Lipinski definition) is 1. The Balaban J connectivity index is 1.86. The quantitative estimate of drug-likeness (QED) is 0.389. The molecule has 1 atom stereocenters. The molecule has 0 spiro atoms. The molecule has 2 amide bonds. The molecule has 4 aromatic rings. The van der Waals surface area contributed by atoms with Crippen molar-refractivity contribution in [3.63, 3.8) is 0 Å². The highest BCUT2D eigenvalue weighted by Gasteiger charge is 2.36. The predicted molar refractivity (Wildman–Crippen MR) is 123 cm³/mol. The van der Waals surface area contributed by atoms with Gasteiger partial charge in [-0.05, 0) is 54.6 Å². The fraction of sp³-hybridized carbons (Fsp3) is 0.0769. The van der Waals surface area contributed by atoms with Crippen LogP contribution >= 0.6 is 0 Å². The van der Waals surface area contributed by atoms with Gasteiger partial charge in [0.1, 0.15) is 23.4 Å². The Morgan fingerprint density at radius 1 is 0.941 bits per heavy atom. The van der Waals surface area contributed by atoms with Crippen LogP contribution in [0.25, 0.3) is 0 Å². The average Bonchev–Trinajstić information content (AvgIpc) is 3.39. The van der Waals surface area contributed by atoms with Crippen LogP contribution in [0.4, 0.5) is 20.2 Å². The number of nitrogens with one attached hydrogen (secondary N) is 1. The standard InChI is InChI=1S/C26H20F2N2O4/c1-33-20-7-4-6-19(16-20)30(26(32)23-10-5-15-34-23)24(21-8-2-3-9-22(21)28)25(31)29-18-13-11-17(27)12-14-18/h2-16,24H,1H3,(H,29,31)/t24-/m1/s1. The average molecular weight is 462 g/mol. The van der Waals surface area contributed by atoms with Crippen LogP contribution in [-0.4, -0.2) is 18.9 Å². The summed E-state index contributed by atoms with van der Waals surface area (Å²) >= 11 is 0. The van der Waals surface area contributed by atoms with Crippen molar-refractivity contribution in [2.45, 2.75) is 6.04 Å². The second-order valence-electron chi connectivity index (χ2n) is 7.27. The molecule has 0 unspecified atom stereocenters. The summed E-state index contributed by atoms with van der Waals surface area (Å²) in [5, 5.41) is 2.65. The van der Waals surface area contributed by atoms with Crippen molar-refractivity contribution in [2.75, 3.05) is 17.3 Å². The Morgan fingerprint density at radius 2 is 1.71 bits per heavy atom. The van der Waals surface area contributed by atoms with Gasteiger partial charge in [0.2, 0.25) is 0 Å². The van der Waals surface area contributed by atoms with Crippen molar-refractivity contribution in [3.8, 4) is 5.75 Å². The Kier molecular flexibility index (Phi) is 6.68. The number of rotatable bonds is 7. The normalized spacial score (nSPS) is 11.5. The molecule has 172 valence electrons. The van der Waals surface area contributed by atoms with E-state index in [9.17, 15) is 14.0 Å². The fourth-order valence-electron chi connectivity index (χ4n) is 3.50. The summed E-state index contributed by atoms with van der Waals surface area (Å²) in [6, 6.07) is 18.8. The monoisotopic (exact) mass is 462 g/mol. The van der Waals surface area contributed by atoms with Crippen LogP contribution in [0.15, 0.2) is 95.6 Å². The van der Waals surface area contributed by atoms with Crippen LogP contribution in [0.3, 0.4) is 0 Å². The highest BCUT2D eigenvalue weighted by Crippen LogP contribution is 2.33. The van der Waals surface area contributed by atoms with Crippen molar-refractivity contribution >= 4 is 23.2 Å². The zero-order valence-corrected chi connectivity index (χ0v) is 18.1. The van der Waals surface area contributed by atoms with Gasteiger partial charge in [-0.15, -0.1) is 0 Å². The zero-order valence-electron chi connectivity index (χ0n) is 18.1. The fourth-order valence-corrected chi connectivity index (χ4v) is 3.50. The third-order valence-corrected chi connectivity index (χ3v) is 5.10. The summed E-state index contributed by atoms with van der Waals surface area (Å²) in [5.41, 5.74) is 0.525. The van der Waals surface area contributed by atoms with Crippen molar-refractivity contribution in [2.24, 2.45) is 0 Å². The minimum absolute atomic E-state index is 0.0372. The summed E-state index contributed by atoms with van der Waals surface area (Å²) in [4.78, 5) is 28.3. The van der Waals surface area contributed by atoms with Gasteiger partial charge in [0.25, 0.3) is 11.8 Å². The number of ether oxygens (including phenoxy) is 1. The maximum Gasteiger partial charge on any atom is 0.294 e. The first-order chi connectivity index (χ1) is 16.5. The molecule has 1 aromatic heterocycles. The molecule has 34 heavy (non-hydrogen) atoms. The van der Waals surface area contributed by atoms with Gasteiger partial charge in [0.05, 0.1) is 13.4 Å². The number of halogens is 2. The SMILES string of the molecule is COc1cccc(N(C(=O)c2ccco2)[C@@H](C(=O)Nc2ccc(F)cc2)c2ccccc2F)c1. The van der Waals surface area contributed by atoms with E-state index in [4.69, 9.17) is 9.15 Å². The first kappa shape index (κ1) is 22.7. The molecule has 0 saturated heterocycles. The summed E-state index contributed by atoms with van der Waals surface area (Å²) in [7, 11) is 1.47. The molecule has 0 radical (unpaired) electrons. The van der Waals surface area contributed by atoms with Crippen LogP contribution in [0.2, 0.25) is 0 Å². The maximum atomic E-state index is 15.0. The number of furan rings is 1. The van der Waals surface area contributed by atoms with Crippen LogP contribution in [0.1, 0.15) is 22.2 Å². The Labute approximate surface area is 194 Å². The second-order valence-corrected chi connectivity index (χ2v) is 7.27. The Bertz CT molecular complexity index is 1290. The molecule has 8 heteroatoms. The maximum absolute atomic E-state index is 15.0. The van der Waals surface area contributed by atoms with Gasteiger partial charge < -0.3 is 14.5 Å². The number of carbonyl (C=O) groups excluding carboxylic acids is 2. The van der Waals surface area contributed by atoms with Crippen LogP contribution in [0, 0.1) is 11.6 Å². The van der Waals surface area contributed by atoms with Gasteiger partial charge in [0.15, 0.2) is 5.76 Å². The van der Waals surface area contributed by atoms with Gasteiger partial charge in [-0.3, -0.25) is 14.5 Å². The van der Waals surface area contributed by atoms with Crippen LogP contribution < -0.4 is 15.0 Å². The third kappa shape index (κ3) is 4.80. The first-order valence-electron chi connectivity index (χ1n) is 10.3. The van der Waals surface area contributed by atoms with E-state index in [2.05, 4.69) is 5.32 Å². The van der Waals surface area contributed by atoms with Crippen molar-refractivity contribution in [3.05, 3.63) is 114 Å². The summed E-state index contributed by atoms with van der Waals surface area (Å²) in [6.07, 6.45) is 1.33. The van der Waals surface area contributed by atoms with Crippen LogP contribution in [-0.2, 0) is 4.79 Å². The molecule has 6 nitrogen and oxygen atoms in total. The zero-order chi connectivity index (χ0) is 24.1. The first-order valence-corrected chi connectivity index (χ1v) is 10.3. The minimum Gasteiger partial charge on any atom is -0.497 e. The number of methoxy groups -OCH3 is 1. The van der Waals surface area contributed by atoms with Gasteiger partial charge in [-0.1, -0.05) is 24.3 Å². The van der Waals surface area contributed by atoms with E-state index in [1.54, 1.807) is 30.3 Å². The molecule has 1 N–H and O–H groups in total. The molecule has 0 bridgehead atoms. The number of nitrogens with zero attached hydrogens (tertiary/aromatic N) is 1. The van der Waals surface area contributed by atoms with Gasteiger partial charge >= 0.3 is 0 Å². The smallest absolute Gasteiger partial charge is 0.294 e. The van der Waals surface area contributed by atoms with E-state index in [0.29, 0.717) is 5.75 Å². The number of anilines is 2. The minimum atomic E-state index is -1.43. The van der Waals surface area contributed by atoms with Gasteiger partial charge in [-0.2, -0.15) is 0 Å². The molecule has 0 saturated carbocycles. The van der Waals surface area contributed by atoms with E-state index in [0.717, 1.165) is 4.90 Å². The van der Waals surface area contributed by atoms with E-state index < -0.39 is 29.5 Å². The lowest BCUT2D eigenvalue weighted by atomic mass is 10.0. The molecule has 3 aromatic carbocycles. The molecule has 0 aliphatic heterocycles.